The third-order valence-electron chi connectivity index (χ3n) is 2.27. The topological polar surface area (TPSA) is 0 Å². The minimum atomic E-state index is 0.432. The lowest BCUT2D eigenvalue weighted by Gasteiger charge is -2.21. The average Bonchev–Trinajstić information content (AvgIpc) is 2.54. The van der Waals surface area contributed by atoms with Crippen molar-refractivity contribution >= 4 is 23.5 Å². The molecule has 0 unspecified atom stereocenters. The molecule has 1 saturated heterocycles. The van der Waals surface area contributed by atoms with Crippen LogP contribution in [0.4, 0.5) is 0 Å². The van der Waals surface area contributed by atoms with Crippen LogP contribution in [0.25, 0.3) is 0 Å². The average molecular weight is 210 g/mol. The van der Waals surface area contributed by atoms with Gasteiger partial charge in [-0.25, -0.2) is 0 Å². The zero-order chi connectivity index (χ0) is 9.15. The summed E-state index contributed by atoms with van der Waals surface area (Å²) in [5.74, 6) is 2.63. The molecule has 1 aromatic carbocycles. The second-order valence-electron chi connectivity index (χ2n) is 3.49. The van der Waals surface area contributed by atoms with Crippen molar-refractivity contribution in [3.63, 3.8) is 0 Å². The van der Waals surface area contributed by atoms with Crippen molar-refractivity contribution in [2.45, 2.75) is 17.4 Å². The van der Waals surface area contributed by atoms with Crippen LogP contribution in [0, 0.1) is 0 Å². The Labute approximate surface area is 88.5 Å². The molecule has 1 heterocycles. The van der Waals surface area contributed by atoms with Gasteiger partial charge in [0.15, 0.2) is 0 Å². The maximum atomic E-state index is 2.36. The van der Waals surface area contributed by atoms with Gasteiger partial charge in [0, 0.05) is 11.5 Å². The summed E-state index contributed by atoms with van der Waals surface area (Å²) in [6.45, 7) is 2.36. The van der Waals surface area contributed by atoms with Crippen LogP contribution in [0.1, 0.15) is 12.5 Å². The van der Waals surface area contributed by atoms with Gasteiger partial charge in [-0.2, -0.15) is 0 Å². The van der Waals surface area contributed by atoms with Crippen LogP contribution in [-0.4, -0.2) is 15.6 Å². The first-order chi connectivity index (χ1) is 6.29. The fourth-order valence-electron chi connectivity index (χ4n) is 1.63. The summed E-state index contributed by atoms with van der Waals surface area (Å²) >= 11 is 4.20. The molecular weight excluding hydrogens is 196 g/mol. The highest BCUT2D eigenvalue weighted by atomic mass is 32.2. The first-order valence-corrected chi connectivity index (χ1v) is 6.57. The fraction of sp³-hybridized carbons (Fsp3) is 0.455. The molecule has 2 rings (SSSR count). The molecule has 0 radical (unpaired) electrons. The van der Waals surface area contributed by atoms with Crippen LogP contribution >= 0.6 is 23.5 Å². The van der Waals surface area contributed by atoms with E-state index in [0.717, 1.165) is 0 Å². The normalized spacial score (nSPS) is 20.4. The summed E-state index contributed by atoms with van der Waals surface area (Å²) in [7, 11) is 0. The highest BCUT2D eigenvalue weighted by Gasteiger charge is 2.30. The summed E-state index contributed by atoms with van der Waals surface area (Å²) in [6, 6.07) is 10.8. The molecule has 0 aliphatic carbocycles. The molecule has 0 N–H and O–H groups in total. The molecule has 0 amide bonds. The number of rotatable bonds is 2. The van der Waals surface area contributed by atoms with E-state index < -0.39 is 0 Å². The third kappa shape index (κ3) is 2.44. The maximum Gasteiger partial charge on any atom is 0.0623 e. The Morgan fingerprint density at radius 2 is 1.77 bits per heavy atom. The Morgan fingerprint density at radius 1 is 1.15 bits per heavy atom. The van der Waals surface area contributed by atoms with Crippen molar-refractivity contribution in [1.29, 1.82) is 0 Å². The molecule has 13 heavy (non-hydrogen) atoms. The second-order valence-corrected chi connectivity index (χ2v) is 6.95. The van der Waals surface area contributed by atoms with Crippen LogP contribution in [-0.2, 0) is 6.42 Å². The van der Waals surface area contributed by atoms with Gasteiger partial charge in [-0.1, -0.05) is 30.3 Å². The SMILES string of the molecule is CC1(Cc2ccccc2)SCCS1. The van der Waals surface area contributed by atoms with Gasteiger partial charge in [0.25, 0.3) is 0 Å². The van der Waals surface area contributed by atoms with E-state index in [1.807, 2.05) is 0 Å². The standard InChI is InChI=1S/C11H14S2/c1-11(12-7-8-13-11)9-10-5-3-2-4-6-10/h2-6H,7-9H2,1H3. The Bertz CT molecular complexity index is 263. The zero-order valence-corrected chi connectivity index (χ0v) is 9.46. The fourth-order valence-corrected chi connectivity index (χ4v) is 4.53. The van der Waals surface area contributed by atoms with Gasteiger partial charge in [0.2, 0.25) is 0 Å². The van der Waals surface area contributed by atoms with E-state index in [1.54, 1.807) is 0 Å². The van der Waals surface area contributed by atoms with E-state index in [4.69, 9.17) is 0 Å². The van der Waals surface area contributed by atoms with Gasteiger partial charge < -0.3 is 0 Å². The lowest BCUT2D eigenvalue weighted by molar-refractivity contribution is 0.888. The van der Waals surface area contributed by atoms with Gasteiger partial charge in [-0.3, -0.25) is 0 Å². The number of hydrogen-bond acceptors (Lipinski definition) is 2. The van der Waals surface area contributed by atoms with Crippen LogP contribution in [0.3, 0.4) is 0 Å². The minimum absolute atomic E-state index is 0.432. The Hall–Kier alpha value is -0.0800. The molecule has 0 bridgehead atoms. The summed E-state index contributed by atoms with van der Waals surface area (Å²) < 4.78 is 0.432. The second kappa shape index (κ2) is 3.97. The molecule has 1 fully saturated rings. The van der Waals surface area contributed by atoms with E-state index in [2.05, 4.69) is 60.8 Å². The van der Waals surface area contributed by atoms with E-state index in [-0.39, 0.29) is 0 Å². The van der Waals surface area contributed by atoms with Gasteiger partial charge in [0.05, 0.1) is 4.08 Å². The summed E-state index contributed by atoms with van der Waals surface area (Å²) in [5, 5.41) is 0. The smallest absolute Gasteiger partial charge is 0.0623 e. The lowest BCUT2D eigenvalue weighted by atomic mass is 10.1. The summed E-state index contributed by atoms with van der Waals surface area (Å²) in [5.41, 5.74) is 1.46. The van der Waals surface area contributed by atoms with Crippen LogP contribution in [0.15, 0.2) is 30.3 Å². The predicted octanol–water partition coefficient (Wildman–Crippen LogP) is 3.43. The van der Waals surface area contributed by atoms with Crippen molar-refractivity contribution in [2.24, 2.45) is 0 Å². The quantitative estimate of drug-likeness (QED) is 0.733. The van der Waals surface area contributed by atoms with Gasteiger partial charge in [0.1, 0.15) is 0 Å². The highest BCUT2D eigenvalue weighted by molar-refractivity contribution is 8.21. The maximum absolute atomic E-state index is 2.36. The Kier molecular flexibility index (Phi) is 2.89. The van der Waals surface area contributed by atoms with Gasteiger partial charge >= 0.3 is 0 Å². The molecule has 0 saturated carbocycles. The van der Waals surface area contributed by atoms with E-state index >= 15 is 0 Å². The largest absolute Gasteiger partial charge is 0.143 e. The first kappa shape index (κ1) is 9.47. The molecule has 1 aromatic rings. The van der Waals surface area contributed by atoms with E-state index in [0.29, 0.717) is 4.08 Å². The molecule has 0 atom stereocenters. The molecule has 1 aliphatic heterocycles. The van der Waals surface area contributed by atoms with Gasteiger partial charge in [-0.15, -0.1) is 23.5 Å². The molecule has 70 valence electrons. The zero-order valence-electron chi connectivity index (χ0n) is 7.82. The molecular formula is C11H14S2. The minimum Gasteiger partial charge on any atom is -0.143 e. The number of benzene rings is 1. The van der Waals surface area contributed by atoms with E-state index in [1.165, 1.54) is 23.5 Å². The Morgan fingerprint density at radius 3 is 2.38 bits per heavy atom. The van der Waals surface area contributed by atoms with Crippen molar-refractivity contribution < 1.29 is 0 Å². The first-order valence-electron chi connectivity index (χ1n) is 4.60. The number of thioether (sulfide) groups is 2. The van der Waals surface area contributed by atoms with Gasteiger partial charge in [-0.05, 0) is 18.9 Å². The molecule has 0 aromatic heterocycles. The lowest BCUT2D eigenvalue weighted by Crippen LogP contribution is -2.14. The van der Waals surface area contributed by atoms with Crippen LogP contribution in [0.2, 0.25) is 0 Å². The van der Waals surface area contributed by atoms with Crippen LogP contribution < -0.4 is 0 Å². The molecule has 2 heteroatoms. The van der Waals surface area contributed by atoms with E-state index in [9.17, 15) is 0 Å². The summed E-state index contributed by atoms with van der Waals surface area (Å²) in [6.07, 6.45) is 1.20. The molecule has 0 nitrogen and oxygen atoms in total. The van der Waals surface area contributed by atoms with Crippen molar-refractivity contribution in [3.05, 3.63) is 35.9 Å². The molecule has 0 spiro atoms. The Balaban J connectivity index is 2.05. The summed E-state index contributed by atoms with van der Waals surface area (Å²) in [4.78, 5) is 0. The third-order valence-corrected chi connectivity index (χ3v) is 5.56. The van der Waals surface area contributed by atoms with Crippen molar-refractivity contribution in [1.82, 2.24) is 0 Å². The predicted molar refractivity (Wildman–Crippen MR) is 63.5 cm³/mol. The van der Waals surface area contributed by atoms with Crippen LogP contribution in [0.5, 0.6) is 0 Å². The van der Waals surface area contributed by atoms with Crippen molar-refractivity contribution in [3.8, 4) is 0 Å². The van der Waals surface area contributed by atoms with Crippen molar-refractivity contribution in [2.75, 3.05) is 11.5 Å². The number of hydrogen-bond donors (Lipinski definition) is 0. The molecule has 1 aliphatic rings. The monoisotopic (exact) mass is 210 g/mol. The highest BCUT2D eigenvalue weighted by Crippen LogP contribution is 2.45.